The average molecular weight is 301 g/mol. The van der Waals surface area contributed by atoms with Gasteiger partial charge in [-0.05, 0) is 30.2 Å². The molecule has 4 nitrogen and oxygen atoms in total. The molecular weight excluding hydrogens is 278 g/mol. The lowest BCUT2D eigenvalue weighted by atomic mass is 9.65. The van der Waals surface area contributed by atoms with Gasteiger partial charge in [0.2, 0.25) is 0 Å². The van der Waals surface area contributed by atoms with Crippen LogP contribution in [0.3, 0.4) is 0 Å². The molecule has 1 saturated carbocycles. The zero-order chi connectivity index (χ0) is 16.1. The number of benzene rings is 1. The normalized spacial score (nSPS) is 31.8. The molecule has 0 aromatic heterocycles. The Labute approximate surface area is 130 Å². The molecule has 0 radical (unpaired) electrons. The van der Waals surface area contributed by atoms with Gasteiger partial charge in [0.25, 0.3) is 5.91 Å². The second-order valence-corrected chi connectivity index (χ2v) is 7.63. The van der Waals surface area contributed by atoms with Gasteiger partial charge >= 0.3 is 0 Å². The van der Waals surface area contributed by atoms with E-state index in [0.29, 0.717) is 30.0 Å². The van der Waals surface area contributed by atoms with Crippen molar-refractivity contribution in [2.45, 2.75) is 45.6 Å². The maximum atomic E-state index is 12.7. The van der Waals surface area contributed by atoms with Gasteiger partial charge in [-0.3, -0.25) is 9.59 Å². The maximum Gasteiger partial charge on any atom is 0.261 e. The summed E-state index contributed by atoms with van der Waals surface area (Å²) in [4.78, 5) is 25.0. The molecule has 1 heterocycles. The van der Waals surface area contributed by atoms with Gasteiger partial charge in [-0.1, -0.05) is 39.0 Å². The Bertz CT molecular complexity index is 631. The lowest BCUT2D eigenvalue weighted by Crippen LogP contribution is -2.48. The number of anilines is 1. The predicted molar refractivity (Wildman–Crippen MR) is 84.3 cm³/mol. The molecule has 1 aliphatic heterocycles. The maximum absolute atomic E-state index is 12.7. The van der Waals surface area contributed by atoms with Crippen molar-refractivity contribution in [1.82, 2.24) is 0 Å². The van der Waals surface area contributed by atoms with Crippen LogP contribution < -0.4 is 5.32 Å². The third-order valence-electron chi connectivity index (χ3n) is 5.30. The van der Waals surface area contributed by atoms with Crippen molar-refractivity contribution in [2.24, 2.45) is 17.3 Å². The molecule has 4 heteroatoms. The first-order valence-corrected chi connectivity index (χ1v) is 7.90. The standard InChI is InChI=1S/C18H23NO3/c1-17(2,3)11-8-9-13(15(20)10-11)18(22)12-6-4-5-7-14(12)19-16(18)21/h4-7,11,13,22H,8-10H2,1-3H3,(H,19,21). The highest BCUT2D eigenvalue weighted by Gasteiger charge is 2.55. The van der Waals surface area contributed by atoms with E-state index in [1.807, 2.05) is 6.07 Å². The molecule has 118 valence electrons. The van der Waals surface area contributed by atoms with Crippen molar-refractivity contribution >= 4 is 17.4 Å². The summed E-state index contributed by atoms with van der Waals surface area (Å²) < 4.78 is 0. The molecule has 1 fully saturated rings. The minimum Gasteiger partial charge on any atom is -0.375 e. The Morgan fingerprint density at radius 2 is 1.86 bits per heavy atom. The molecule has 3 unspecified atom stereocenters. The van der Waals surface area contributed by atoms with Crippen LogP contribution in [0.4, 0.5) is 5.69 Å². The van der Waals surface area contributed by atoms with E-state index in [0.717, 1.165) is 6.42 Å². The monoisotopic (exact) mass is 301 g/mol. The van der Waals surface area contributed by atoms with Crippen LogP contribution >= 0.6 is 0 Å². The van der Waals surface area contributed by atoms with Gasteiger partial charge in [0.05, 0.1) is 5.92 Å². The zero-order valence-electron chi connectivity index (χ0n) is 13.3. The number of Topliss-reactive ketones (excluding diaryl/α,β-unsaturated/α-hetero) is 1. The quantitative estimate of drug-likeness (QED) is 0.838. The van der Waals surface area contributed by atoms with Crippen LogP contribution in [-0.2, 0) is 15.2 Å². The predicted octanol–water partition coefficient (Wildman–Crippen LogP) is 2.86. The molecule has 3 atom stereocenters. The summed E-state index contributed by atoms with van der Waals surface area (Å²) in [6.07, 6.45) is 1.85. The zero-order valence-corrected chi connectivity index (χ0v) is 13.3. The van der Waals surface area contributed by atoms with Gasteiger partial charge in [0, 0.05) is 17.7 Å². The van der Waals surface area contributed by atoms with Crippen LogP contribution in [0, 0.1) is 17.3 Å². The Morgan fingerprint density at radius 1 is 1.18 bits per heavy atom. The molecular formula is C18H23NO3. The molecule has 1 aromatic rings. The summed E-state index contributed by atoms with van der Waals surface area (Å²) in [7, 11) is 0. The van der Waals surface area contributed by atoms with E-state index in [4.69, 9.17) is 0 Å². The van der Waals surface area contributed by atoms with Gasteiger partial charge in [-0.2, -0.15) is 0 Å². The Balaban J connectivity index is 1.92. The van der Waals surface area contributed by atoms with Gasteiger partial charge in [-0.15, -0.1) is 0 Å². The Morgan fingerprint density at radius 3 is 2.50 bits per heavy atom. The van der Waals surface area contributed by atoms with E-state index >= 15 is 0 Å². The smallest absolute Gasteiger partial charge is 0.261 e. The minimum absolute atomic E-state index is 0.000489. The van der Waals surface area contributed by atoms with Gasteiger partial charge in [0.1, 0.15) is 5.78 Å². The average Bonchev–Trinajstić information content (AvgIpc) is 2.70. The summed E-state index contributed by atoms with van der Waals surface area (Å²) in [5.41, 5.74) is -0.497. The number of carbonyl (C=O) groups is 2. The van der Waals surface area contributed by atoms with Crippen LogP contribution in [0.2, 0.25) is 0 Å². The summed E-state index contributed by atoms with van der Waals surface area (Å²) >= 11 is 0. The number of hydrogen-bond donors (Lipinski definition) is 2. The van der Waals surface area contributed by atoms with Gasteiger partial charge < -0.3 is 10.4 Å². The van der Waals surface area contributed by atoms with Crippen LogP contribution in [0.15, 0.2) is 24.3 Å². The number of amides is 1. The first-order valence-electron chi connectivity index (χ1n) is 7.90. The molecule has 0 bridgehead atoms. The molecule has 22 heavy (non-hydrogen) atoms. The molecule has 3 rings (SSSR count). The largest absolute Gasteiger partial charge is 0.375 e. The molecule has 2 aliphatic rings. The van der Waals surface area contributed by atoms with Gasteiger partial charge in [0.15, 0.2) is 5.60 Å². The Kier molecular flexibility index (Phi) is 3.40. The number of carbonyl (C=O) groups excluding carboxylic acids is 2. The minimum atomic E-state index is -1.71. The second kappa shape index (κ2) is 4.92. The fourth-order valence-electron chi connectivity index (χ4n) is 3.81. The van der Waals surface area contributed by atoms with Crippen LogP contribution in [0.25, 0.3) is 0 Å². The number of fused-ring (bicyclic) bond motifs is 1. The molecule has 0 saturated heterocycles. The van der Waals surface area contributed by atoms with Crippen molar-refractivity contribution in [3.05, 3.63) is 29.8 Å². The van der Waals surface area contributed by atoms with Crippen molar-refractivity contribution in [2.75, 3.05) is 5.32 Å². The fourth-order valence-corrected chi connectivity index (χ4v) is 3.81. The van der Waals surface area contributed by atoms with Gasteiger partial charge in [-0.25, -0.2) is 0 Å². The Hall–Kier alpha value is -1.68. The highest BCUT2D eigenvalue weighted by molar-refractivity contribution is 6.08. The molecule has 1 aliphatic carbocycles. The number of hydrogen-bond acceptors (Lipinski definition) is 3. The van der Waals surface area contributed by atoms with Crippen molar-refractivity contribution in [3.8, 4) is 0 Å². The third kappa shape index (κ3) is 2.17. The topological polar surface area (TPSA) is 66.4 Å². The van der Waals surface area contributed by atoms with E-state index in [1.54, 1.807) is 18.2 Å². The van der Waals surface area contributed by atoms with E-state index in [1.165, 1.54) is 0 Å². The fraction of sp³-hybridized carbons (Fsp3) is 0.556. The number of aliphatic hydroxyl groups is 1. The van der Waals surface area contributed by atoms with E-state index in [9.17, 15) is 14.7 Å². The highest BCUT2D eigenvalue weighted by atomic mass is 16.3. The van der Waals surface area contributed by atoms with E-state index < -0.39 is 17.4 Å². The first kappa shape index (κ1) is 15.2. The van der Waals surface area contributed by atoms with Crippen molar-refractivity contribution in [3.63, 3.8) is 0 Å². The lowest BCUT2D eigenvalue weighted by molar-refractivity contribution is -0.152. The second-order valence-electron chi connectivity index (χ2n) is 7.63. The summed E-state index contributed by atoms with van der Waals surface area (Å²) in [5, 5.41) is 13.8. The number of ketones is 1. The third-order valence-corrected chi connectivity index (χ3v) is 5.30. The number of rotatable bonds is 1. The van der Waals surface area contributed by atoms with Crippen LogP contribution in [0.1, 0.15) is 45.6 Å². The van der Waals surface area contributed by atoms with Crippen molar-refractivity contribution in [1.29, 1.82) is 0 Å². The van der Waals surface area contributed by atoms with Crippen LogP contribution in [0.5, 0.6) is 0 Å². The summed E-state index contributed by atoms with van der Waals surface area (Å²) in [6.45, 7) is 6.41. The van der Waals surface area contributed by atoms with E-state index in [2.05, 4.69) is 26.1 Å². The summed E-state index contributed by atoms with van der Waals surface area (Å²) in [5.74, 6) is -0.809. The lowest BCUT2D eigenvalue weighted by Gasteiger charge is -2.40. The molecule has 0 spiro atoms. The molecule has 1 amide bonds. The SMILES string of the molecule is CC(C)(C)C1CCC(C2(O)C(=O)Nc3ccccc32)C(=O)C1. The van der Waals surface area contributed by atoms with Crippen molar-refractivity contribution < 1.29 is 14.7 Å². The number of nitrogens with one attached hydrogen (secondary N) is 1. The van der Waals surface area contributed by atoms with Crippen LogP contribution in [-0.4, -0.2) is 16.8 Å². The van der Waals surface area contributed by atoms with E-state index in [-0.39, 0.29) is 11.2 Å². The highest BCUT2D eigenvalue weighted by Crippen LogP contribution is 2.48. The summed E-state index contributed by atoms with van der Waals surface area (Å²) in [6, 6.07) is 7.09. The number of para-hydroxylation sites is 1. The molecule has 1 aromatic carbocycles. The first-order chi connectivity index (χ1) is 10.2. The molecule has 2 N–H and O–H groups in total.